The smallest absolute Gasteiger partial charge is 0.266 e. The molecular formula is C29H30FN3O2. The molecule has 1 unspecified atom stereocenters. The summed E-state index contributed by atoms with van der Waals surface area (Å²) in [7, 11) is 0. The number of rotatable bonds is 7. The second-order valence-corrected chi connectivity index (χ2v) is 9.19. The van der Waals surface area contributed by atoms with E-state index in [4.69, 9.17) is 4.98 Å². The Hall–Kier alpha value is -3.80. The van der Waals surface area contributed by atoms with Crippen LogP contribution >= 0.6 is 0 Å². The second kappa shape index (κ2) is 10.2. The van der Waals surface area contributed by atoms with Crippen LogP contribution in [-0.2, 0) is 0 Å². The van der Waals surface area contributed by atoms with Crippen molar-refractivity contribution in [1.82, 2.24) is 14.5 Å². The molecule has 6 heteroatoms. The van der Waals surface area contributed by atoms with Crippen LogP contribution in [0.2, 0.25) is 0 Å². The van der Waals surface area contributed by atoms with Crippen molar-refractivity contribution in [2.24, 2.45) is 5.92 Å². The van der Waals surface area contributed by atoms with Crippen LogP contribution in [0.15, 0.2) is 77.6 Å². The van der Waals surface area contributed by atoms with E-state index in [1.807, 2.05) is 49.1 Å². The molecule has 180 valence electrons. The van der Waals surface area contributed by atoms with Gasteiger partial charge >= 0.3 is 0 Å². The van der Waals surface area contributed by atoms with Crippen molar-refractivity contribution in [2.75, 3.05) is 6.54 Å². The van der Waals surface area contributed by atoms with Gasteiger partial charge in [0, 0.05) is 12.1 Å². The Morgan fingerprint density at radius 1 is 1.00 bits per heavy atom. The van der Waals surface area contributed by atoms with Gasteiger partial charge in [-0.1, -0.05) is 51.1 Å². The van der Waals surface area contributed by atoms with Gasteiger partial charge in [0.2, 0.25) is 0 Å². The zero-order valence-electron chi connectivity index (χ0n) is 20.5. The maximum atomic E-state index is 13.9. The van der Waals surface area contributed by atoms with Gasteiger partial charge in [0.05, 0.1) is 22.6 Å². The monoisotopic (exact) mass is 471 g/mol. The molecule has 5 nitrogen and oxygen atoms in total. The number of nitrogens with zero attached hydrogens (tertiary/aromatic N) is 3. The van der Waals surface area contributed by atoms with Gasteiger partial charge < -0.3 is 4.90 Å². The zero-order valence-corrected chi connectivity index (χ0v) is 20.5. The number of carbonyl (C=O) groups excluding carboxylic acids is 1. The SMILES string of the molecule is CCC(c1nc2ccccc2c(=O)n1-c1ccc(F)cc1)N(CC(C)C)C(=O)c1ccccc1C. The fourth-order valence-corrected chi connectivity index (χ4v) is 4.47. The average Bonchev–Trinajstić information content (AvgIpc) is 2.84. The lowest BCUT2D eigenvalue weighted by molar-refractivity contribution is 0.0630. The van der Waals surface area contributed by atoms with Crippen molar-refractivity contribution >= 4 is 16.8 Å². The predicted octanol–water partition coefficient (Wildman–Crippen LogP) is 6.08. The molecule has 0 saturated carbocycles. The van der Waals surface area contributed by atoms with Crippen molar-refractivity contribution < 1.29 is 9.18 Å². The van der Waals surface area contributed by atoms with Crippen molar-refractivity contribution in [3.8, 4) is 5.69 Å². The van der Waals surface area contributed by atoms with E-state index in [2.05, 4.69) is 13.8 Å². The van der Waals surface area contributed by atoms with Crippen LogP contribution < -0.4 is 5.56 Å². The molecule has 3 aromatic carbocycles. The minimum absolute atomic E-state index is 0.100. The summed E-state index contributed by atoms with van der Waals surface area (Å²) in [6.07, 6.45) is 0.552. The number of fused-ring (bicyclic) bond motifs is 1. The first-order chi connectivity index (χ1) is 16.8. The predicted molar refractivity (Wildman–Crippen MR) is 137 cm³/mol. The van der Waals surface area contributed by atoms with Gasteiger partial charge in [0.1, 0.15) is 11.6 Å². The third kappa shape index (κ3) is 4.87. The lowest BCUT2D eigenvalue weighted by Gasteiger charge is -2.34. The van der Waals surface area contributed by atoms with Gasteiger partial charge in [-0.15, -0.1) is 0 Å². The number of aromatic nitrogens is 2. The summed E-state index contributed by atoms with van der Waals surface area (Å²) in [6, 6.07) is 20.0. The lowest BCUT2D eigenvalue weighted by Crippen LogP contribution is -2.40. The molecule has 4 rings (SSSR count). The minimum Gasteiger partial charge on any atom is -0.328 e. The highest BCUT2D eigenvalue weighted by atomic mass is 19.1. The summed E-state index contributed by atoms with van der Waals surface area (Å²) in [5.74, 6) is 0.172. The molecule has 1 atom stereocenters. The van der Waals surface area contributed by atoms with Crippen molar-refractivity contribution in [3.05, 3.63) is 106 Å². The zero-order chi connectivity index (χ0) is 25.1. The number of carbonyl (C=O) groups is 1. The van der Waals surface area contributed by atoms with Crippen LogP contribution in [0, 0.1) is 18.7 Å². The summed E-state index contributed by atoms with van der Waals surface area (Å²) in [5.41, 5.74) is 2.35. The standard InChI is InChI=1S/C29H30FN3O2/c1-5-26(32(18-19(2)3)28(34)23-11-7-6-10-20(23)4)27-31-25-13-9-8-12-24(25)29(35)33(27)22-16-14-21(30)15-17-22/h6-17,19,26H,5,18H2,1-4H3. The Labute approximate surface area is 204 Å². The van der Waals surface area contributed by atoms with Gasteiger partial charge in [0.15, 0.2) is 0 Å². The molecule has 0 aliphatic carbocycles. The fraction of sp³-hybridized carbons (Fsp3) is 0.276. The third-order valence-corrected chi connectivity index (χ3v) is 6.15. The van der Waals surface area contributed by atoms with Crippen molar-refractivity contribution in [3.63, 3.8) is 0 Å². The largest absolute Gasteiger partial charge is 0.328 e. The molecule has 0 radical (unpaired) electrons. The lowest BCUT2D eigenvalue weighted by atomic mass is 10.0. The highest BCUT2D eigenvalue weighted by Crippen LogP contribution is 2.29. The molecule has 1 aromatic heterocycles. The summed E-state index contributed by atoms with van der Waals surface area (Å²) in [6.45, 7) is 8.53. The number of hydrogen-bond acceptors (Lipinski definition) is 3. The number of para-hydroxylation sites is 1. The van der Waals surface area contributed by atoms with E-state index in [9.17, 15) is 14.0 Å². The van der Waals surface area contributed by atoms with Crippen LogP contribution in [0.5, 0.6) is 0 Å². The maximum absolute atomic E-state index is 13.9. The number of aryl methyl sites for hydroxylation is 1. The van der Waals surface area contributed by atoms with Crippen LogP contribution in [-0.4, -0.2) is 26.9 Å². The molecule has 0 N–H and O–H groups in total. The fourth-order valence-electron chi connectivity index (χ4n) is 4.47. The Morgan fingerprint density at radius 3 is 2.31 bits per heavy atom. The van der Waals surface area contributed by atoms with E-state index in [1.54, 1.807) is 30.3 Å². The van der Waals surface area contributed by atoms with Gasteiger partial charge in [-0.3, -0.25) is 14.2 Å². The number of hydrogen-bond donors (Lipinski definition) is 0. The molecule has 1 heterocycles. The molecule has 4 aromatic rings. The molecule has 0 spiro atoms. The highest BCUT2D eigenvalue weighted by molar-refractivity contribution is 5.96. The van der Waals surface area contributed by atoms with E-state index in [0.29, 0.717) is 40.9 Å². The third-order valence-electron chi connectivity index (χ3n) is 6.15. The van der Waals surface area contributed by atoms with Gasteiger partial charge in [0.25, 0.3) is 11.5 Å². The van der Waals surface area contributed by atoms with E-state index in [1.165, 1.54) is 16.7 Å². The van der Waals surface area contributed by atoms with E-state index in [0.717, 1.165) is 5.56 Å². The average molecular weight is 472 g/mol. The number of halogens is 1. The first-order valence-electron chi connectivity index (χ1n) is 12.0. The maximum Gasteiger partial charge on any atom is 0.266 e. The summed E-state index contributed by atoms with van der Waals surface area (Å²) < 4.78 is 15.3. The first-order valence-corrected chi connectivity index (χ1v) is 12.0. The van der Waals surface area contributed by atoms with Gasteiger partial charge in [-0.25, -0.2) is 9.37 Å². The quantitative estimate of drug-likeness (QED) is 0.328. The summed E-state index contributed by atoms with van der Waals surface area (Å²) in [5, 5.41) is 0.469. The Balaban J connectivity index is 1.97. The number of amides is 1. The normalized spacial score (nSPS) is 12.2. The topological polar surface area (TPSA) is 55.2 Å². The van der Waals surface area contributed by atoms with E-state index in [-0.39, 0.29) is 23.2 Å². The van der Waals surface area contributed by atoms with Crippen LogP contribution in [0.4, 0.5) is 4.39 Å². The van der Waals surface area contributed by atoms with E-state index >= 15 is 0 Å². The molecule has 0 saturated heterocycles. The molecule has 1 amide bonds. The van der Waals surface area contributed by atoms with Crippen LogP contribution in [0.25, 0.3) is 16.6 Å². The molecule has 0 aliphatic rings. The molecule has 0 aliphatic heterocycles. The van der Waals surface area contributed by atoms with Gasteiger partial charge in [-0.2, -0.15) is 0 Å². The number of benzene rings is 3. The van der Waals surface area contributed by atoms with Gasteiger partial charge in [-0.05, 0) is 67.3 Å². The van der Waals surface area contributed by atoms with Crippen LogP contribution in [0.1, 0.15) is 55.0 Å². The Kier molecular flexibility index (Phi) is 7.10. The minimum atomic E-state index is -0.466. The van der Waals surface area contributed by atoms with Crippen LogP contribution in [0.3, 0.4) is 0 Å². The van der Waals surface area contributed by atoms with Crippen molar-refractivity contribution in [1.29, 1.82) is 0 Å². The van der Waals surface area contributed by atoms with E-state index < -0.39 is 6.04 Å². The molecule has 35 heavy (non-hydrogen) atoms. The molecule has 0 bridgehead atoms. The summed E-state index contributed by atoms with van der Waals surface area (Å²) >= 11 is 0. The molecule has 0 fully saturated rings. The van der Waals surface area contributed by atoms with Crippen molar-refractivity contribution in [2.45, 2.75) is 40.2 Å². The Bertz CT molecular complexity index is 1410. The summed E-state index contributed by atoms with van der Waals surface area (Å²) in [4.78, 5) is 34.3. The first kappa shape index (κ1) is 24.3. The second-order valence-electron chi connectivity index (χ2n) is 9.19. The highest BCUT2D eigenvalue weighted by Gasteiger charge is 2.30. The molecular weight excluding hydrogens is 441 g/mol. The Morgan fingerprint density at radius 2 is 1.66 bits per heavy atom.